The molecule has 128 valence electrons. The molecule has 8 nitrogen and oxygen atoms in total. The van der Waals surface area contributed by atoms with Crippen molar-refractivity contribution < 1.29 is 14.5 Å². The Morgan fingerprint density at radius 3 is 2.64 bits per heavy atom. The number of nitro groups is 1. The van der Waals surface area contributed by atoms with Gasteiger partial charge < -0.3 is 5.32 Å². The van der Waals surface area contributed by atoms with Crippen LogP contribution in [0.15, 0.2) is 47.6 Å². The Morgan fingerprint density at radius 1 is 1.20 bits per heavy atom. The van der Waals surface area contributed by atoms with Crippen LogP contribution < -0.4 is 10.7 Å². The highest BCUT2D eigenvalue weighted by molar-refractivity contribution is 6.39. The summed E-state index contributed by atoms with van der Waals surface area (Å²) in [5.74, 6) is -1.88. The van der Waals surface area contributed by atoms with Gasteiger partial charge in [-0.25, -0.2) is 5.43 Å². The quantitative estimate of drug-likeness (QED) is 0.377. The summed E-state index contributed by atoms with van der Waals surface area (Å²) in [6.45, 7) is 1.74. The first-order chi connectivity index (χ1) is 11.9. The summed E-state index contributed by atoms with van der Waals surface area (Å²) in [7, 11) is 0. The number of amides is 2. The van der Waals surface area contributed by atoms with Gasteiger partial charge in [0.05, 0.1) is 11.1 Å². The molecule has 0 saturated carbocycles. The molecule has 0 aliphatic heterocycles. The fraction of sp³-hybridized carbons (Fsp3) is 0.0625. The lowest BCUT2D eigenvalue weighted by Crippen LogP contribution is -2.32. The lowest BCUT2D eigenvalue weighted by molar-refractivity contribution is -0.384. The van der Waals surface area contributed by atoms with E-state index in [2.05, 4.69) is 15.8 Å². The second-order valence-corrected chi connectivity index (χ2v) is 5.40. The van der Waals surface area contributed by atoms with E-state index in [4.69, 9.17) is 11.6 Å². The zero-order valence-corrected chi connectivity index (χ0v) is 13.8. The van der Waals surface area contributed by atoms with Gasteiger partial charge in [0, 0.05) is 28.4 Å². The van der Waals surface area contributed by atoms with Crippen LogP contribution in [0.2, 0.25) is 5.02 Å². The van der Waals surface area contributed by atoms with E-state index >= 15 is 0 Å². The predicted octanol–water partition coefficient (Wildman–Crippen LogP) is 2.65. The molecule has 0 bridgehead atoms. The van der Waals surface area contributed by atoms with Gasteiger partial charge in [-0.3, -0.25) is 19.7 Å². The molecule has 0 fully saturated rings. The van der Waals surface area contributed by atoms with E-state index in [-0.39, 0.29) is 5.69 Å². The van der Waals surface area contributed by atoms with Crippen LogP contribution >= 0.6 is 11.6 Å². The molecule has 0 saturated heterocycles. The van der Waals surface area contributed by atoms with Crippen molar-refractivity contribution in [1.29, 1.82) is 0 Å². The first kappa shape index (κ1) is 18.1. The Morgan fingerprint density at radius 2 is 1.96 bits per heavy atom. The van der Waals surface area contributed by atoms with Crippen LogP contribution in [0.5, 0.6) is 0 Å². The minimum Gasteiger partial charge on any atom is -0.317 e. The monoisotopic (exact) mass is 360 g/mol. The number of hydrogen-bond acceptors (Lipinski definition) is 5. The number of hydrogen-bond donors (Lipinski definition) is 2. The van der Waals surface area contributed by atoms with E-state index in [1.807, 2.05) is 0 Å². The lowest BCUT2D eigenvalue weighted by atomic mass is 10.2. The lowest BCUT2D eigenvalue weighted by Gasteiger charge is -2.07. The first-order valence-corrected chi connectivity index (χ1v) is 7.39. The van der Waals surface area contributed by atoms with E-state index in [0.717, 1.165) is 0 Å². The van der Waals surface area contributed by atoms with Crippen molar-refractivity contribution >= 4 is 41.0 Å². The number of nitrogens with zero attached hydrogens (tertiary/aromatic N) is 2. The zero-order valence-electron chi connectivity index (χ0n) is 13.0. The Kier molecular flexibility index (Phi) is 5.80. The maximum Gasteiger partial charge on any atom is 0.329 e. The van der Waals surface area contributed by atoms with Gasteiger partial charge >= 0.3 is 11.8 Å². The molecule has 0 atom stereocenters. The van der Waals surface area contributed by atoms with Gasteiger partial charge in [-0.1, -0.05) is 23.7 Å². The molecule has 2 rings (SSSR count). The number of halogens is 1. The second-order valence-electron chi connectivity index (χ2n) is 4.96. The van der Waals surface area contributed by atoms with Crippen LogP contribution in [-0.2, 0) is 9.59 Å². The van der Waals surface area contributed by atoms with Crippen LogP contribution in [-0.4, -0.2) is 23.0 Å². The number of anilines is 1. The summed E-state index contributed by atoms with van der Waals surface area (Å²) in [4.78, 5) is 33.7. The van der Waals surface area contributed by atoms with Crippen LogP contribution in [0.25, 0.3) is 0 Å². The van der Waals surface area contributed by atoms with Gasteiger partial charge in [0.2, 0.25) is 0 Å². The molecular weight excluding hydrogens is 348 g/mol. The Hall–Kier alpha value is -3.26. The van der Waals surface area contributed by atoms with Gasteiger partial charge in [-0.05, 0) is 30.7 Å². The number of hydrazone groups is 1. The highest BCUT2D eigenvalue weighted by Gasteiger charge is 2.14. The maximum atomic E-state index is 11.8. The van der Waals surface area contributed by atoms with Crippen molar-refractivity contribution in [3.8, 4) is 0 Å². The third-order valence-corrected chi connectivity index (χ3v) is 3.34. The summed E-state index contributed by atoms with van der Waals surface area (Å²) in [5.41, 5.74) is 3.51. The van der Waals surface area contributed by atoms with E-state index < -0.39 is 16.7 Å². The summed E-state index contributed by atoms with van der Waals surface area (Å²) >= 11 is 5.82. The first-order valence-electron chi connectivity index (χ1n) is 7.02. The predicted molar refractivity (Wildman–Crippen MR) is 93.7 cm³/mol. The van der Waals surface area contributed by atoms with E-state index in [9.17, 15) is 19.7 Å². The summed E-state index contributed by atoms with van der Waals surface area (Å²) < 4.78 is 0. The largest absolute Gasteiger partial charge is 0.329 e. The van der Waals surface area contributed by atoms with Crippen molar-refractivity contribution in [2.75, 3.05) is 5.32 Å². The number of carbonyl (C=O) groups excluding carboxylic acids is 2. The molecule has 2 aromatic carbocycles. The molecule has 0 heterocycles. The average Bonchev–Trinajstić information content (AvgIpc) is 2.57. The average molecular weight is 361 g/mol. The number of benzene rings is 2. The highest BCUT2D eigenvalue weighted by Crippen LogP contribution is 2.19. The molecule has 2 N–H and O–H groups in total. The second kappa shape index (κ2) is 8.02. The highest BCUT2D eigenvalue weighted by atomic mass is 35.5. The smallest absolute Gasteiger partial charge is 0.317 e. The number of carbonyl (C=O) groups is 2. The van der Waals surface area contributed by atoms with Crippen LogP contribution in [0.3, 0.4) is 0 Å². The third-order valence-electron chi connectivity index (χ3n) is 3.10. The van der Waals surface area contributed by atoms with Gasteiger partial charge in [0.25, 0.3) is 5.69 Å². The van der Waals surface area contributed by atoms with E-state index in [1.54, 1.807) is 31.2 Å². The van der Waals surface area contributed by atoms with Crippen molar-refractivity contribution in [2.24, 2.45) is 5.10 Å². The molecule has 0 aliphatic carbocycles. The fourth-order valence-electron chi connectivity index (χ4n) is 1.88. The van der Waals surface area contributed by atoms with Gasteiger partial charge in [0.15, 0.2) is 0 Å². The number of nitro benzene ring substituents is 1. The normalized spacial score (nSPS) is 10.5. The fourth-order valence-corrected chi connectivity index (χ4v) is 2.11. The number of nitrogens with one attached hydrogen (secondary N) is 2. The third kappa shape index (κ3) is 5.11. The maximum absolute atomic E-state index is 11.8. The van der Waals surface area contributed by atoms with Crippen LogP contribution in [0, 0.1) is 17.0 Å². The molecule has 2 aromatic rings. The molecule has 0 spiro atoms. The molecule has 0 radical (unpaired) electrons. The molecule has 0 aromatic heterocycles. The van der Waals surface area contributed by atoms with E-state index in [0.29, 0.717) is 21.8 Å². The van der Waals surface area contributed by atoms with Gasteiger partial charge in [-0.15, -0.1) is 0 Å². The summed E-state index contributed by atoms with van der Waals surface area (Å²) in [6.07, 6.45) is 1.20. The van der Waals surface area contributed by atoms with Crippen molar-refractivity contribution in [3.63, 3.8) is 0 Å². The zero-order chi connectivity index (χ0) is 18.4. The molecule has 2 amide bonds. The molecular formula is C16H13ClN4O4. The topological polar surface area (TPSA) is 114 Å². The molecule has 0 unspecified atom stereocenters. The molecule has 0 aliphatic rings. The number of rotatable bonds is 4. The van der Waals surface area contributed by atoms with Crippen molar-refractivity contribution in [2.45, 2.75) is 6.92 Å². The number of non-ortho nitro benzene ring substituents is 1. The van der Waals surface area contributed by atoms with Crippen LogP contribution in [0.4, 0.5) is 11.4 Å². The minimum absolute atomic E-state index is 0.105. The molecule has 9 heteroatoms. The Balaban J connectivity index is 1.96. The SMILES string of the molecule is Cc1cc(Cl)ccc1NC(=O)C(=O)N/N=C/c1cccc([N+](=O)[O-])c1. The minimum atomic E-state index is -0.976. The van der Waals surface area contributed by atoms with Crippen LogP contribution in [0.1, 0.15) is 11.1 Å². The standard InChI is InChI=1S/C16H13ClN4O4/c1-10-7-12(17)5-6-14(10)19-15(22)16(23)20-18-9-11-3-2-4-13(8-11)21(24)25/h2-9H,1H3,(H,19,22)(H,20,23)/b18-9+. The van der Waals surface area contributed by atoms with Crippen molar-refractivity contribution in [1.82, 2.24) is 5.43 Å². The van der Waals surface area contributed by atoms with Crippen molar-refractivity contribution in [3.05, 3.63) is 68.7 Å². The Bertz CT molecular complexity index is 867. The summed E-state index contributed by atoms with van der Waals surface area (Å²) in [5, 5.41) is 17.2. The van der Waals surface area contributed by atoms with Gasteiger partial charge in [0.1, 0.15) is 0 Å². The van der Waals surface area contributed by atoms with E-state index in [1.165, 1.54) is 24.4 Å². The molecule has 25 heavy (non-hydrogen) atoms. The van der Waals surface area contributed by atoms with Gasteiger partial charge in [-0.2, -0.15) is 5.10 Å². The number of aryl methyl sites for hydroxylation is 1. The summed E-state index contributed by atoms with van der Waals surface area (Å²) in [6, 6.07) is 10.5. The Labute approximate surface area is 147 Å².